The number of amides is 1. The molecule has 1 aliphatic heterocycles. The van der Waals surface area contributed by atoms with Gasteiger partial charge < -0.3 is 14.7 Å². The number of ether oxygens (including phenoxy) is 1. The lowest BCUT2D eigenvalue weighted by Gasteiger charge is -2.21. The van der Waals surface area contributed by atoms with E-state index in [1.54, 1.807) is 0 Å². The number of aliphatic hydroxyl groups is 1. The second-order valence-corrected chi connectivity index (χ2v) is 5.81. The number of carbonyl (C=O) groups is 1. The van der Waals surface area contributed by atoms with E-state index < -0.39 is 0 Å². The van der Waals surface area contributed by atoms with Crippen LogP contribution < -0.4 is 0 Å². The monoisotopic (exact) mass is 293 g/mol. The van der Waals surface area contributed by atoms with E-state index in [9.17, 15) is 4.79 Å². The van der Waals surface area contributed by atoms with Gasteiger partial charge in [0, 0.05) is 26.1 Å². The molecule has 1 aliphatic rings. The molecule has 1 saturated heterocycles. The smallest absolute Gasteiger partial charge is 0.264 e. The van der Waals surface area contributed by atoms with E-state index in [2.05, 4.69) is 11.8 Å². The summed E-state index contributed by atoms with van der Waals surface area (Å²) in [7, 11) is 0. The first kappa shape index (κ1) is 15.0. The average molecular weight is 293 g/mol. The highest BCUT2D eigenvalue weighted by atomic mass is 32.1. The van der Waals surface area contributed by atoms with Gasteiger partial charge >= 0.3 is 0 Å². The summed E-state index contributed by atoms with van der Waals surface area (Å²) in [6.07, 6.45) is 1.43. The van der Waals surface area contributed by atoms with Crippen molar-refractivity contribution < 1.29 is 14.6 Å². The summed E-state index contributed by atoms with van der Waals surface area (Å²) >= 11 is 1.41. The summed E-state index contributed by atoms with van der Waals surface area (Å²) in [6.45, 7) is 4.16. The Morgan fingerprint density at radius 2 is 2.45 bits per heavy atom. The van der Waals surface area contributed by atoms with Gasteiger partial charge in [0.25, 0.3) is 5.91 Å². The molecule has 1 unspecified atom stereocenters. The predicted octanol–water partition coefficient (Wildman–Crippen LogP) is 1.73. The average Bonchev–Trinajstić information content (AvgIpc) is 2.80. The highest BCUT2D eigenvalue weighted by Gasteiger charge is 2.22. The molecule has 1 amide bonds. The van der Waals surface area contributed by atoms with Crippen LogP contribution in [0.25, 0.3) is 0 Å². The van der Waals surface area contributed by atoms with E-state index >= 15 is 0 Å². The molecular formula is C15H19NO3S. The maximum Gasteiger partial charge on any atom is 0.264 e. The minimum absolute atomic E-state index is 0.0579. The van der Waals surface area contributed by atoms with Crippen LogP contribution in [0.5, 0.6) is 0 Å². The van der Waals surface area contributed by atoms with Crippen molar-refractivity contribution in [1.82, 2.24) is 4.90 Å². The van der Waals surface area contributed by atoms with Gasteiger partial charge in [0.05, 0.1) is 22.5 Å². The zero-order valence-corrected chi connectivity index (χ0v) is 12.4. The number of aliphatic hydroxyl groups excluding tert-OH is 1. The van der Waals surface area contributed by atoms with Crippen LogP contribution in [0.4, 0.5) is 0 Å². The van der Waals surface area contributed by atoms with Crippen LogP contribution in [-0.2, 0) is 4.74 Å². The lowest BCUT2D eigenvalue weighted by atomic mass is 10.3. The molecule has 0 radical (unpaired) electrons. The second-order valence-electron chi connectivity index (χ2n) is 4.73. The fourth-order valence-corrected chi connectivity index (χ4v) is 2.91. The third-order valence-electron chi connectivity index (χ3n) is 3.00. The number of nitrogens with zero attached hydrogens (tertiary/aromatic N) is 1. The lowest BCUT2D eigenvalue weighted by Crippen LogP contribution is -2.35. The molecule has 4 nitrogen and oxygen atoms in total. The van der Waals surface area contributed by atoms with E-state index in [-0.39, 0.29) is 18.6 Å². The first-order valence-corrected chi connectivity index (χ1v) is 7.63. The van der Waals surface area contributed by atoms with E-state index in [0.29, 0.717) is 24.4 Å². The van der Waals surface area contributed by atoms with Crippen molar-refractivity contribution in [2.45, 2.75) is 25.9 Å². The van der Waals surface area contributed by atoms with Crippen LogP contribution in [0, 0.1) is 11.8 Å². The molecule has 0 bridgehead atoms. The molecule has 0 spiro atoms. The zero-order chi connectivity index (χ0) is 14.4. The molecule has 0 aromatic carbocycles. The fourth-order valence-electron chi connectivity index (χ4n) is 2.06. The van der Waals surface area contributed by atoms with Crippen LogP contribution in [-0.4, -0.2) is 48.3 Å². The third-order valence-corrected chi connectivity index (χ3v) is 3.99. The van der Waals surface area contributed by atoms with Crippen LogP contribution in [0.1, 0.15) is 34.3 Å². The minimum atomic E-state index is 0.0579. The summed E-state index contributed by atoms with van der Waals surface area (Å²) < 4.78 is 5.55. The maximum absolute atomic E-state index is 12.4. The highest BCUT2D eigenvalue weighted by molar-refractivity contribution is 7.14. The molecule has 0 saturated carbocycles. The van der Waals surface area contributed by atoms with Gasteiger partial charge in [-0.2, -0.15) is 0 Å². The molecule has 2 rings (SSSR count). The number of thiophene rings is 1. The SMILES string of the molecule is CC1CN(C(=O)c2ccc(C#CCCO)s2)CCCO1. The van der Waals surface area contributed by atoms with Gasteiger partial charge in [-0.05, 0) is 25.5 Å². The van der Waals surface area contributed by atoms with E-state index in [4.69, 9.17) is 9.84 Å². The molecule has 1 N–H and O–H groups in total. The van der Waals surface area contributed by atoms with Crippen molar-refractivity contribution >= 4 is 17.2 Å². The van der Waals surface area contributed by atoms with Crippen molar-refractivity contribution in [3.05, 3.63) is 21.9 Å². The Morgan fingerprint density at radius 1 is 1.60 bits per heavy atom. The Morgan fingerprint density at radius 3 is 3.25 bits per heavy atom. The van der Waals surface area contributed by atoms with Crippen molar-refractivity contribution in [2.75, 3.05) is 26.3 Å². The Kier molecular flexibility index (Phi) is 5.60. The largest absolute Gasteiger partial charge is 0.395 e. The quantitative estimate of drug-likeness (QED) is 0.845. The fraction of sp³-hybridized carbons (Fsp3) is 0.533. The number of rotatable bonds is 2. The Labute approximate surface area is 123 Å². The van der Waals surface area contributed by atoms with Crippen molar-refractivity contribution in [3.63, 3.8) is 0 Å². The minimum Gasteiger partial charge on any atom is -0.395 e. The first-order valence-electron chi connectivity index (χ1n) is 6.81. The highest BCUT2D eigenvalue weighted by Crippen LogP contribution is 2.19. The summed E-state index contributed by atoms with van der Waals surface area (Å²) in [4.78, 5) is 15.9. The van der Waals surface area contributed by atoms with E-state index in [1.165, 1.54) is 11.3 Å². The summed E-state index contributed by atoms with van der Waals surface area (Å²) in [5, 5.41) is 8.69. The van der Waals surface area contributed by atoms with Crippen molar-refractivity contribution in [1.29, 1.82) is 0 Å². The van der Waals surface area contributed by atoms with E-state index in [1.807, 2.05) is 24.0 Å². The topological polar surface area (TPSA) is 49.8 Å². The maximum atomic E-state index is 12.4. The number of hydrogen-bond acceptors (Lipinski definition) is 4. The Balaban J connectivity index is 2.03. The second kappa shape index (κ2) is 7.44. The lowest BCUT2D eigenvalue weighted by molar-refractivity contribution is 0.0565. The molecule has 5 heteroatoms. The third kappa shape index (κ3) is 4.07. The summed E-state index contributed by atoms with van der Waals surface area (Å²) in [6, 6.07) is 3.69. The molecule has 1 atom stereocenters. The molecule has 1 fully saturated rings. The van der Waals surface area contributed by atoms with Gasteiger partial charge in [-0.3, -0.25) is 4.79 Å². The molecule has 1 aromatic rings. The predicted molar refractivity (Wildman–Crippen MR) is 78.8 cm³/mol. The molecular weight excluding hydrogens is 274 g/mol. The molecule has 108 valence electrons. The number of hydrogen-bond donors (Lipinski definition) is 1. The van der Waals surface area contributed by atoms with Gasteiger partial charge in [0.15, 0.2) is 0 Å². The van der Waals surface area contributed by atoms with Gasteiger partial charge in [0.1, 0.15) is 0 Å². The standard InChI is InChI=1S/C15H19NO3S/c1-12-11-16(8-4-10-19-12)15(18)14-7-6-13(20-14)5-2-3-9-17/h6-7,12,17H,3-4,8-11H2,1H3. The molecule has 20 heavy (non-hydrogen) atoms. The van der Waals surface area contributed by atoms with Crippen LogP contribution >= 0.6 is 11.3 Å². The first-order chi connectivity index (χ1) is 9.70. The molecule has 0 aliphatic carbocycles. The van der Waals surface area contributed by atoms with Crippen molar-refractivity contribution in [3.8, 4) is 11.8 Å². The van der Waals surface area contributed by atoms with Gasteiger partial charge in [-0.25, -0.2) is 0 Å². The number of carbonyl (C=O) groups excluding carboxylic acids is 1. The molecule has 1 aromatic heterocycles. The normalized spacial score (nSPS) is 19.1. The summed E-state index contributed by atoms with van der Waals surface area (Å²) in [5.41, 5.74) is 0. The van der Waals surface area contributed by atoms with Crippen LogP contribution in [0.2, 0.25) is 0 Å². The van der Waals surface area contributed by atoms with Crippen LogP contribution in [0.3, 0.4) is 0 Å². The summed E-state index contributed by atoms with van der Waals surface area (Å²) in [5.74, 6) is 5.88. The van der Waals surface area contributed by atoms with Crippen molar-refractivity contribution in [2.24, 2.45) is 0 Å². The van der Waals surface area contributed by atoms with Gasteiger partial charge in [0.2, 0.25) is 0 Å². The zero-order valence-electron chi connectivity index (χ0n) is 11.6. The molecule has 2 heterocycles. The van der Waals surface area contributed by atoms with Crippen LogP contribution in [0.15, 0.2) is 12.1 Å². The van der Waals surface area contributed by atoms with Gasteiger partial charge in [-0.15, -0.1) is 11.3 Å². The Bertz CT molecular complexity index is 515. The van der Waals surface area contributed by atoms with E-state index in [0.717, 1.165) is 17.8 Å². The van der Waals surface area contributed by atoms with Gasteiger partial charge in [-0.1, -0.05) is 11.8 Å². The Hall–Kier alpha value is -1.35.